The molecule has 1 atom stereocenters. The molecule has 0 spiro atoms. The lowest BCUT2D eigenvalue weighted by atomic mass is 10.1. The molecule has 0 saturated carbocycles. The largest absolute Gasteiger partial charge is 0.339 e. The highest BCUT2D eigenvalue weighted by Crippen LogP contribution is 2.33. The minimum atomic E-state index is -0.403. The van der Waals surface area contributed by atoms with Crippen molar-refractivity contribution in [1.82, 2.24) is 10.1 Å². The van der Waals surface area contributed by atoms with Crippen LogP contribution in [0.1, 0.15) is 23.8 Å². The number of rotatable bonds is 3. The molecule has 1 saturated heterocycles. The maximum absolute atomic E-state index is 14.2. The van der Waals surface area contributed by atoms with Gasteiger partial charge in [0.2, 0.25) is 17.6 Å². The lowest BCUT2D eigenvalue weighted by Gasteiger charge is -2.17. The van der Waals surface area contributed by atoms with Crippen LogP contribution in [-0.2, 0) is 4.79 Å². The van der Waals surface area contributed by atoms with E-state index >= 15 is 0 Å². The molecule has 1 aliphatic heterocycles. The molecule has 1 amide bonds. The number of benzene rings is 2. The zero-order valence-electron chi connectivity index (χ0n) is 13.9. The van der Waals surface area contributed by atoms with Gasteiger partial charge in [-0.15, -0.1) is 0 Å². The molecule has 132 valence electrons. The molecule has 0 bridgehead atoms. The fourth-order valence-corrected chi connectivity index (χ4v) is 3.32. The van der Waals surface area contributed by atoms with Crippen LogP contribution in [0.25, 0.3) is 11.4 Å². The Bertz CT molecular complexity index is 971. The first-order valence-corrected chi connectivity index (χ1v) is 8.96. The zero-order valence-corrected chi connectivity index (χ0v) is 15.5. The first kappa shape index (κ1) is 16.9. The van der Waals surface area contributed by atoms with Crippen molar-refractivity contribution in [1.29, 1.82) is 0 Å². The first-order chi connectivity index (χ1) is 12.5. The van der Waals surface area contributed by atoms with E-state index in [4.69, 9.17) is 4.52 Å². The molecule has 26 heavy (non-hydrogen) atoms. The minimum Gasteiger partial charge on any atom is -0.339 e. The Hall–Kier alpha value is -2.54. The maximum atomic E-state index is 14.2. The van der Waals surface area contributed by atoms with Crippen LogP contribution in [0.3, 0.4) is 0 Å². The van der Waals surface area contributed by atoms with Gasteiger partial charge >= 0.3 is 0 Å². The molecule has 4 rings (SSSR count). The number of halogens is 2. The number of carbonyl (C=O) groups excluding carboxylic acids is 1. The van der Waals surface area contributed by atoms with E-state index in [9.17, 15) is 9.18 Å². The standard InChI is InChI=1S/C19H15BrFN3O2/c1-11-2-7-16(15(21)8-11)24-10-13(9-17(24)25)19-22-18(23-26-19)12-3-5-14(20)6-4-12/h2-8,13H,9-10H2,1H3. The Balaban J connectivity index is 1.56. The molecule has 0 aliphatic carbocycles. The molecule has 3 aromatic rings. The Morgan fingerprint density at radius 2 is 2.00 bits per heavy atom. The minimum absolute atomic E-state index is 0.152. The number of aryl methyl sites for hydroxylation is 1. The van der Waals surface area contributed by atoms with Crippen LogP contribution in [-0.4, -0.2) is 22.6 Å². The van der Waals surface area contributed by atoms with Gasteiger partial charge in [0.05, 0.1) is 11.6 Å². The smallest absolute Gasteiger partial charge is 0.232 e. The third-order valence-electron chi connectivity index (χ3n) is 4.41. The van der Waals surface area contributed by atoms with Gasteiger partial charge in [-0.05, 0) is 48.9 Å². The molecule has 5 nitrogen and oxygen atoms in total. The summed E-state index contributed by atoms with van der Waals surface area (Å²) in [4.78, 5) is 18.2. The van der Waals surface area contributed by atoms with Gasteiger partial charge in [0.15, 0.2) is 0 Å². The van der Waals surface area contributed by atoms with Crippen molar-refractivity contribution in [2.75, 3.05) is 11.4 Å². The summed E-state index contributed by atoms with van der Waals surface area (Å²) < 4.78 is 20.5. The molecular formula is C19H15BrFN3O2. The van der Waals surface area contributed by atoms with Crippen molar-refractivity contribution in [2.45, 2.75) is 19.3 Å². The molecule has 1 aliphatic rings. The summed E-state index contributed by atoms with van der Waals surface area (Å²) in [6.45, 7) is 2.13. The van der Waals surface area contributed by atoms with E-state index in [1.165, 1.54) is 11.0 Å². The third-order valence-corrected chi connectivity index (χ3v) is 4.94. The quantitative estimate of drug-likeness (QED) is 0.633. The number of anilines is 1. The maximum Gasteiger partial charge on any atom is 0.232 e. The lowest BCUT2D eigenvalue weighted by molar-refractivity contribution is -0.117. The Morgan fingerprint density at radius 3 is 2.73 bits per heavy atom. The van der Waals surface area contributed by atoms with E-state index in [2.05, 4.69) is 26.1 Å². The summed E-state index contributed by atoms with van der Waals surface area (Å²) in [5.74, 6) is 0.0623. The molecule has 1 fully saturated rings. The van der Waals surface area contributed by atoms with Crippen molar-refractivity contribution < 1.29 is 13.7 Å². The number of aromatic nitrogens is 2. The molecular weight excluding hydrogens is 401 g/mol. The highest BCUT2D eigenvalue weighted by atomic mass is 79.9. The summed E-state index contributed by atoms with van der Waals surface area (Å²) in [6, 6.07) is 12.4. The molecule has 0 N–H and O–H groups in total. The van der Waals surface area contributed by atoms with E-state index in [0.29, 0.717) is 18.3 Å². The number of carbonyl (C=O) groups is 1. The fourth-order valence-electron chi connectivity index (χ4n) is 3.05. The first-order valence-electron chi connectivity index (χ1n) is 8.17. The van der Waals surface area contributed by atoms with Gasteiger partial charge in [0, 0.05) is 23.0 Å². The molecule has 7 heteroatoms. The predicted molar refractivity (Wildman–Crippen MR) is 98.3 cm³/mol. The normalized spacial score (nSPS) is 17.1. The average molecular weight is 416 g/mol. The van der Waals surface area contributed by atoms with Crippen molar-refractivity contribution in [2.24, 2.45) is 0 Å². The van der Waals surface area contributed by atoms with Crippen LogP contribution < -0.4 is 4.90 Å². The molecule has 1 unspecified atom stereocenters. The summed E-state index contributed by atoms with van der Waals surface area (Å²) in [5.41, 5.74) is 1.93. The van der Waals surface area contributed by atoms with Gasteiger partial charge in [-0.1, -0.05) is 27.2 Å². The number of hydrogen-bond donors (Lipinski definition) is 0. The average Bonchev–Trinajstić information content (AvgIpc) is 3.23. The second-order valence-electron chi connectivity index (χ2n) is 6.32. The SMILES string of the molecule is Cc1ccc(N2CC(c3nc(-c4ccc(Br)cc4)no3)CC2=O)c(F)c1. The monoisotopic (exact) mass is 415 g/mol. The summed E-state index contributed by atoms with van der Waals surface area (Å²) >= 11 is 3.38. The van der Waals surface area contributed by atoms with Crippen LogP contribution in [0.2, 0.25) is 0 Å². The van der Waals surface area contributed by atoms with Crippen molar-refractivity contribution in [3.63, 3.8) is 0 Å². The molecule has 0 radical (unpaired) electrons. The second kappa shape index (κ2) is 6.64. The van der Waals surface area contributed by atoms with Gasteiger partial charge in [-0.2, -0.15) is 4.98 Å². The topological polar surface area (TPSA) is 59.2 Å². The third kappa shape index (κ3) is 3.14. The van der Waals surface area contributed by atoms with E-state index < -0.39 is 5.82 Å². The van der Waals surface area contributed by atoms with Crippen LogP contribution in [0.5, 0.6) is 0 Å². The Kier molecular flexibility index (Phi) is 4.32. The summed E-state index contributed by atoms with van der Waals surface area (Å²) in [7, 11) is 0. The zero-order chi connectivity index (χ0) is 18.3. The number of nitrogens with zero attached hydrogens (tertiary/aromatic N) is 3. The fraction of sp³-hybridized carbons (Fsp3) is 0.211. The van der Waals surface area contributed by atoms with Gasteiger partial charge in [-0.25, -0.2) is 4.39 Å². The predicted octanol–water partition coefficient (Wildman–Crippen LogP) is 4.47. The second-order valence-corrected chi connectivity index (χ2v) is 7.24. The van der Waals surface area contributed by atoms with Crippen molar-refractivity contribution in [3.05, 3.63) is 64.2 Å². The van der Waals surface area contributed by atoms with Gasteiger partial charge in [0.25, 0.3) is 0 Å². The van der Waals surface area contributed by atoms with E-state index in [0.717, 1.165) is 15.6 Å². The molecule has 2 heterocycles. The van der Waals surface area contributed by atoms with E-state index in [1.54, 1.807) is 12.1 Å². The van der Waals surface area contributed by atoms with E-state index in [1.807, 2.05) is 31.2 Å². The summed E-state index contributed by atoms with van der Waals surface area (Å²) in [5, 5.41) is 4.01. The highest BCUT2D eigenvalue weighted by Gasteiger charge is 2.36. The number of amides is 1. The van der Waals surface area contributed by atoms with Crippen LogP contribution >= 0.6 is 15.9 Å². The molecule has 1 aromatic heterocycles. The van der Waals surface area contributed by atoms with E-state index in [-0.39, 0.29) is 23.9 Å². The molecule has 2 aromatic carbocycles. The van der Waals surface area contributed by atoms with Crippen molar-refractivity contribution in [3.8, 4) is 11.4 Å². The Labute approximate surface area is 158 Å². The lowest BCUT2D eigenvalue weighted by Crippen LogP contribution is -2.25. The Morgan fingerprint density at radius 1 is 1.23 bits per heavy atom. The van der Waals surface area contributed by atoms with Crippen LogP contribution in [0.15, 0.2) is 51.5 Å². The van der Waals surface area contributed by atoms with Gasteiger partial charge in [0.1, 0.15) is 5.82 Å². The van der Waals surface area contributed by atoms with Crippen LogP contribution in [0, 0.1) is 12.7 Å². The van der Waals surface area contributed by atoms with Gasteiger partial charge < -0.3 is 9.42 Å². The summed E-state index contributed by atoms with van der Waals surface area (Å²) in [6.07, 6.45) is 0.218. The van der Waals surface area contributed by atoms with Crippen molar-refractivity contribution >= 4 is 27.5 Å². The number of hydrogen-bond acceptors (Lipinski definition) is 4. The van der Waals surface area contributed by atoms with Gasteiger partial charge in [-0.3, -0.25) is 4.79 Å². The van der Waals surface area contributed by atoms with Crippen LogP contribution in [0.4, 0.5) is 10.1 Å². The highest BCUT2D eigenvalue weighted by molar-refractivity contribution is 9.10.